The Morgan fingerprint density at radius 1 is 1.14 bits per heavy atom. The molecular formula is C19H16N4O5S. The fraction of sp³-hybridized carbons (Fsp3) is 0.211. The quantitative estimate of drug-likeness (QED) is 0.657. The van der Waals surface area contributed by atoms with E-state index in [0.717, 1.165) is 11.3 Å². The molecule has 10 heteroatoms. The van der Waals surface area contributed by atoms with E-state index in [9.17, 15) is 19.6 Å². The summed E-state index contributed by atoms with van der Waals surface area (Å²) in [5, 5.41) is 20.4. The van der Waals surface area contributed by atoms with Gasteiger partial charge in [-0.3, -0.25) is 4.79 Å². The van der Waals surface area contributed by atoms with Crippen molar-refractivity contribution in [3.63, 3.8) is 0 Å². The van der Waals surface area contributed by atoms with Crippen LogP contribution in [0.15, 0.2) is 24.3 Å². The molecule has 148 valence electrons. The third-order valence-electron chi connectivity index (χ3n) is 3.60. The Bertz CT molecular complexity index is 1010. The van der Waals surface area contributed by atoms with Crippen molar-refractivity contribution in [2.75, 3.05) is 17.7 Å². The molecule has 0 spiro atoms. The van der Waals surface area contributed by atoms with E-state index in [-0.39, 0.29) is 46.2 Å². The Hall–Kier alpha value is -3.89. The van der Waals surface area contributed by atoms with Crippen LogP contribution >= 0.6 is 11.3 Å². The normalized spacial score (nSPS) is 9.76. The summed E-state index contributed by atoms with van der Waals surface area (Å²) in [5.41, 5.74) is 6.66. The van der Waals surface area contributed by atoms with E-state index in [4.69, 9.17) is 20.5 Å². The van der Waals surface area contributed by atoms with E-state index in [1.165, 1.54) is 24.3 Å². The number of anilines is 2. The Kier molecular flexibility index (Phi) is 7.29. The fourth-order valence-electron chi connectivity index (χ4n) is 2.29. The summed E-state index contributed by atoms with van der Waals surface area (Å²) in [6, 6.07) is 9.47. The zero-order valence-electron chi connectivity index (χ0n) is 15.4. The molecule has 0 unspecified atom stereocenters. The summed E-state index contributed by atoms with van der Waals surface area (Å²) in [6.07, 6.45) is -0.280. The largest absolute Gasteiger partial charge is 0.462 e. The van der Waals surface area contributed by atoms with Gasteiger partial charge in [0.15, 0.2) is 0 Å². The fourth-order valence-corrected chi connectivity index (χ4v) is 3.21. The first kappa shape index (κ1) is 21.4. The van der Waals surface area contributed by atoms with Crippen LogP contribution in [0.4, 0.5) is 10.7 Å². The summed E-state index contributed by atoms with van der Waals surface area (Å²) in [5.74, 6) is -1.80. The average molecular weight is 412 g/mol. The van der Waals surface area contributed by atoms with Crippen molar-refractivity contribution in [2.24, 2.45) is 0 Å². The Morgan fingerprint density at radius 2 is 1.83 bits per heavy atom. The van der Waals surface area contributed by atoms with Crippen molar-refractivity contribution in [2.45, 2.75) is 20.0 Å². The molecule has 0 saturated carbocycles. The van der Waals surface area contributed by atoms with Crippen LogP contribution in [0.2, 0.25) is 0 Å². The lowest BCUT2D eigenvalue weighted by Gasteiger charge is -2.08. The van der Waals surface area contributed by atoms with Crippen molar-refractivity contribution in [3.8, 4) is 12.1 Å². The van der Waals surface area contributed by atoms with Crippen LogP contribution in [-0.2, 0) is 20.9 Å². The highest BCUT2D eigenvalue weighted by molar-refractivity contribution is 7.18. The first-order valence-corrected chi connectivity index (χ1v) is 9.15. The molecule has 1 aromatic heterocycles. The van der Waals surface area contributed by atoms with Gasteiger partial charge in [-0.15, -0.1) is 11.3 Å². The molecule has 3 N–H and O–H groups in total. The minimum absolute atomic E-state index is 0.0707. The monoisotopic (exact) mass is 412 g/mol. The summed E-state index contributed by atoms with van der Waals surface area (Å²) >= 11 is 0.899. The molecule has 0 saturated heterocycles. The third kappa shape index (κ3) is 5.31. The van der Waals surface area contributed by atoms with Gasteiger partial charge in [-0.2, -0.15) is 10.5 Å². The number of hydrogen-bond acceptors (Lipinski definition) is 9. The Morgan fingerprint density at radius 3 is 2.41 bits per heavy atom. The van der Waals surface area contributed by atoms with E-state index in [2.05, 4.69) is 5.32 Å². The molecule has 2 rings (SSSR count). The summed E-state index contributed by atoms with van der Waals surface area (Å²) in [6.45, 7) is 1.46. The molecular weight excluding hydrogens is 396 g/mol. The number of carbonyl (C=O) groups excluding carboxylic acids is 3. The van der Waals surface area contributed by atoms with Gasteiger partial charge >= 0.3 is 11.9 Å². The van der Waals surface area contributed by atoms with Gasteiger partial charge in [0.05, 0.1) is 23.8 Å². The number of esters is 2. The maximum atomic E-state index is 12.3. The van der Waals surface area contributed by atoms with E-state index in [0.29, 0.717) is 5.69 Å². The Balaban J connectivity index is 2.11. The number of nitrogens with one attached hydrogen (secondary N) is 1. The standard InChI is InChI=1S/C19H16N4O5S/c1-2-27-19(26)16-14(13(9-21)17(22)29-16)10-28-18(25)11-3-5-12(6-4-11)23-15(24)7-8-20/h3-6H,2,7,10,22H2,1H3,(H,23,24). The van der Waals surface area contributed by atoms with Gasteiger partial charge < -0.3 is 20.5 Å². The van der Waals surface area contributed by atoms with Crippen molar-refractivity contribution in [3.05, 3.63) is 45.8 Å². The van der Waals surface area contributed by atoms with E-state index in [1.807, 2.05) is 6.07 Å². The lowest BCUT2D eigenvalue weighted by Crippen LogP contribution is -2.11. The molecule has 0 bridgehead atoms. The molecule has 0 aliphatic rings. The first-order valence-electron chi connectivity index (χ1n) is 8.33. The van der Waals surface area contributed by atoms with Crippen LogP contribution in [-0.4, -0.2) is 24.5 Å². The molecule has 0 aliphatic heterocycles. The van der Waals surface area contributed by atoms with Crippen molar-refractivity contribution in [1.29, 1.82) is 10.5 Å². The second-order valence-corrected chi connectivity index (χ2v) is 6.57. The zero-order valence-corrected chi connectivity index (χ0v) is 16.2. The zero-order chi connectivity index (χ0) is 21.4. The van der Waals surface area contributed by atoms with Crippen molar-refractivity contribution >= 4 is 39.9 Å². The van der Waals surface area contributed by atoms with Gasteiger partial charge in [0.25, 0.3) is 0 Å². The van der Waals surface area contributed by atoms with Crippen LogP contribution in [0.1, 0.15) is 44.5 Å². The van der Waals surface area contributed by atoms with Gasteiger partial charge in [-0.1, -0.05) is 0 Å². The number of nitrogens with zero attached hydrogens (tertiary/aromatic N) is 2. The number of nitrogens with two attached hydrogens (primary N) is 1. The third-order valence-corrected chi connectivity index (χ3v) is 4.64. The number of amides is 1. The van der Waals surface area contributed by atoms with Gasteiger partial charge in [0.1, 0.15) is 29.0 Å². The van der Waals surface area contributed by atoms with Gasteiger partial charge in [-0.05, 0) is 31.2 Å². The number of carbonyl (C=O) groups is 3. The molecule has 1 amide bonds. The minimum Gasteiger partial charge on any atom is -0.462 e. The molecule has 0 radical (unpaired) electrons. The first-order chi connectivity index (χ1) is 13.9. The molecule has 1 heterocycles. The highest BCUT2D eigenvalue weighted by Gasteiger charge is 2.24. The van der Waals surface area contributed by atoms with Crippen molar-refractivity contribution in [1.82, 2.24) is 0 Å². The maximum Gasteiger partial charge on any atom is 0.348 e. The molecule has 0 fully saturated rings. The van der Waals surface area contributed by atoms with Crippen molar-refractivity contribution < 1.29 is 23.9 Å². The molecule has 9 nitrogen and oxygen atoms in total. The average Bonchev–Trinajstić information content (AvgIpc) is 3.02. The van der Waals surface area contributed by atoms with E-state index in [1.54, 1.807) is 13.0 Å². The van der Waals surface area contributed by atoms with E-state index < -0.39 is 17.8 Å². The number of hydrogen-bond donors (Lipinski definition) is 2. The highest BCUT2D eigenvalue weighted by atomic mass is 32.1. The number of nitrogen functional groups attached to an aromatic ring is 1. The number of rotatable bonds is 7. The predicted molar refractivity (Wildman–Crippen MR) is 104 cm³/mol. The lowest BCUT2D eigenvalue weighted by molar-refractivity contribution is -0.115. The van der Waals surface area contributed by atoms with Crippen LogP contribution in [0.3, 0.4) is 0 Å². The summed E-state index contributed by atoms with van der Waals surface area (Å²) < 4.78 is 10.2. The number of thiophene rings is 1. The number of nitriles is 2. The highest BCUT2D eigenvalue weighted by Crippen LogP contribution is 2.32. The second-order valence-electron chi connectivity index (χ2n) is 5.52. The Labute approximate surface area is 170 Å². The van der Waals surface area contributed by atoms with Crippen LogP contribution < -0.4 is 11.1 Å². The number of ether oxygens (including phenoxy) is 2. The van der Waals surface area contributed by atoms with Crippen LogP contribution in [0.25, 0.3) is 0 Å². The van der Waals surface area contributed by atoms with Gasteiger partial charge in [-0.25, -0.2) is 9.59 Å². The maximum absolute atomic E-state index is 12.3. The summed E-state index contributed by atoms with van der Waals surface area (Å²) in [7, 11) is 0. The number of benzene rings is 1. The summed E-state index contributed by atoms with van der Waals surface area (Å²) in [4.78, 5) is 35.9. The van der Waals surface area contributed by atoms with Crippen LogP contribution in [0.5, 0.6) is 0 Å². The minimum atomic E-state index is -0.691. The molecule has 0 atom stereocenters. The molecule has 0 aliphatic carbocycles. The van der Waals surface area contributed by atoms with Gasteiger partial charge in [0.2, 0.25) is 5.91 Å². The topological polar surface area (TPSA) is 155 Å². The lowest BCUT2D eigenvalue weighted by atomic mass is 10.1. The predicted octanol–water partition coefficient (Wildman–Crippen LogP) is 2.59. The SMILES string of the molecule is CCOC(=O)c1sc(N)c(C#N)c1COC(=O)c1ccc(NC(=O)CC#N)cc1. The van der Waals surface area contributed by atoms with Gasteiger partial charge in [0, 0.05) is 11.3 Å². The smallest absolute Gasteiger partial charge is 0.348 e. The molecule has 2 aromatic rings. The molecule has 29 heavy (non-hydrogen) atoms. The molecule has 1 aromatic carbocycles. The second kappa shape index (κ2) is 9.88. The van der Waals surface area contributed by atoms with Crippen LogP contribution in [0, 0.1) is 22.7 Å². The van der Waals surface area contributed by atoms with E-state index >= 15 is 0 Å².